The lowest BCUT2D eigenvalue weighted by molar-refractivity contribution is 0.0730. The van der Waals surface area contributed by atoms with E-state index < -0.39 is 15.6 Å². The smallest absolute Gasteiger partial charge is 0.265 e. The highest BCUT2D eigenvalue weighted by molar-refractivity contribution is 8.14. The Labute approximate surface area is 200 Å². The number of morpholine rings is 1. The molecular formula is C23H22N4O5S2. The maximum Gasteiger partial charge on any atom is 0.265 e. The molecule has 0 saturated carbocycles. The Balaban J connectivity index is 1.59. The summed E-state index contributed by atoms with van der Waals surface area (Å²) in [5.41, 5.74) is 0.313. The zero-order valence-corrected chi connectivity index (χ0v) is 19.8. The molecule has 34 heavy (non-hydrogen) atoms. The summed E-state index contributed by atoms with van der Waals surface area (Å²) in [4.78, 5) is 22.1. The highest BCUT2D eigenvalue weighted by atomic mass is 32.2. The largest absolute Gasteiger partial charge is 0.494 e. The van der Waals surface area contributed by atoms with Gasteiger partial charge in [0.1, 0.15) is 0 Å². The van der Waals surface area contributed by atoms with Crippen molar-refractivity contribution >= 4 is 43.9 Å². The van der Waals surface area contributed by atoms with Crippen molar-refractivity contribution in [3.05, 3.63) is 64.4 Å². The van der Waals surface area contributed by atoms with Crippen LogP contribution in [0.3, 0.4) is 0 Å². The molecule has 0 aliphatic carbocycles. The molecule has 0 spiro atoms. The van der Waals surface area contributed by atoms with Crippen LogP contribution in [-0.4, -0.2) is 72.4 Å². The van der Waals surface area contributed by atoms with Crippen molar-refractivity contribution in [3.8, 4) is 11.6 Å². The molecule has 0 radical (unpaired) electrons. The number of rotatable bonds is 4. The number of thioether (sulfide) groups is 1. The van der Waals surface area contributed by atoms with E-state index >= 15 is 0 Å². The number of amidine groups is 1. The second-order valence-corrected chi connectivity index (χ2v) is 10.7. The fraction of sp³-hybridized carbons (Fsp3) is 0.261. The molecule has 2 aromatic carbocycles. The number of benzene rings is 2. The summed E-state index contributed by atoms with van der Waals surface area (Å²) in [6.07, 6.45) is 1.52. The van der Waals surface area contributed by atoms with Crippen molar-refractivity contribution in [3.63, 3.8) is 0 Å². The molecule has 11 heteroatoms. The van der Waals surface area contributed by atoms with Crippen LogP contribution in [0.15, 0.2) is 68.2 Å². The van der Waals surface area contributed by atoms with Gasteiger partial charge in [-0.2, -0.15) is 4.31 Å². The van der Waals surface area contributed by atoms with Gasteiger partial charge in [-0.15, -0.1) is 0 Å². The van der Waals surface area contributed by atoms with Gasteiger partial charge < -0.3 is 9.84 Å². The Kier molecular flexibility index (Phi) is 6.26. The lowest BCUT2D eigenvalue weighted by Crippen LogP contribution is -2.40. The van der Waals surface area contributed by atoms with Gasteiger partial charge in [-0.05, 0) is 30.3 Å². The van der Waals surface area contributed by atoms with Crippen LogP contribution in [0.4, 0.5) is 0 Å². The average Bonchev–Trinajstić information content (AvgIpc) is 3.39. The number of pyridine rings is 1. The summed E-state index contributed by atoms with van der Waals surface area (Å²) in [6, 6.07) is 12.9. The second kappa shape index (κ2) is 9.34. The monoisotopic (exact) mass is 498 g/mol. The quantitative estimate of drug-likeness (QED) is 0.552. The number of hydrogen-bond acceptors (Lipinski definition) is 8. The number of aromatic hydroxyl groups is 1. The van der Waals surface area contributed by atoms with Gasteiger partial charge >= 0.3 is 0 Å². The first-order valence-corrected chi connectivity index (χ1v) is 13.2. The Morgan fingerprint density at radius 1 is 1.06 bits per heavy atom. The van der Waals surface area contributed by atoms with E-state index in [4.69, 9.17) is 4.74 Å². The Hall–Kier alpha value is -2.99. The minimum Gasteiger partial charge on any atom is -0.494 e. The zero-order valence-electron chi connectivity index (χ0n) is 18.1. The molecular weight excluding hydrogens is 476 g/mol. The van der Waals surface area contributed by atoms with Gasteiger partial charge in [0.05, 0.1) is 35.9 Å². The summed E-state index contributed by atoms with van der Waals surface area (Å²) in [5.74, 6) is 0.582. The van der Waals surface area contributed by atoms with Crippen LogP contribution in [0.2, 0.25) is 0 Å². The lowest BCUT2D eigenvalue weighted by Gasteiger charge is -2.26. The van der Waals surface area contributed by atoms with Gasteiger partial charge in [-0.3, -0.25) is 9.79 Å². The minimum absolute atomic E-state index is 0.115. The summed E-state index contributed by atoms with van der Waals surface area (Å²) in [5, 5.41) is 12.7. The lowest BCUT2D eigenvalue weighted by atomic mass is 10.1. The van der Waals surface area contributed by atoms with Gasteiger partial charge in [0.25, 0.3) is 5.56 Å². The minimum atomic E-state index is -3.68. The number of fused-ring (bicyclic) bond motifs is 1. The van der Waals surface area contributed by atoms with Gasteiger partial charge in [0, 0.05) is 35.8 Å². The number of sulfonamides is 1. The number of hydrogen-bond donors (Lipinski definition) is 1. The molecule has 1 aromatic heterocycles. The van der Waals surface area contributed by atoms with Crippen molar-refractivity contribution in [2.75, 3.05) is 38.6 Å². The number of aliphatic imine (C=N–C) groups is 2. The predicted molar refractivity (Wildman–Crippen MR) is 133 cm³/mol. The van der Waals surface area contributed by atoms with Gasteiger partial charge in [-0.1, -0.05) is 30.0 Å². The van der Waals surface area contributed by atoms with E-state index in [0.29, 0.717) is 60.0 Å². The van der Waals surface area contributed by atoms with Crippen LogP contribution in [-0.2, 0) is 14.8 Å². The molecule has 3 heterocycles. The molecule has 0 unspecified atom stereocenters. The first-order chi connectivity index (χ1) is 16.5. The van der Waals surface area contributed by atoms with E-state index in [1.165, 1.54) is 51.1 Å². The third-order valence-electron chi connectivity index (χ3n) is 5.68. The van der Waals surface area contributed by atoms with Crippen LogP contribution < -0.4 is 5.56 Å². The van der Waals surface area contributed by atoms with Crippen molar-refractivity contribution < 1.29 is 18.3 Å². The fourth-order valence-corrected chi connectivity index (χ4v) is 6.04. The number of aromatic nitrogens is 1. The zero-order chi connectivity index (χ0) is 23.7. The first kappa shape index (κ1) is 22.8. The molecule has 0 atom stereocenters. The first-order valence-electron chi connectivity index (χ1n) is 10.7. The molecule has 0 bridgehead atoms. The van der Waals surface area contributed by atoms with Gasteiger partial charge in [-0.25, -0.2) is 18.0 Å². The standard InChI is InChI=1S/C23H22N4O5S2/c28-21-19-4-2-1-3-18(19)20(15-25-23-24-9-14-33-23)22(29)27(21)16-5-7-17(8-6-16)34(30,31)26-10-12-32-13-11-26/h1-8,15,29H,9-14H2/b25-15+. The molecule has 1 N–H and O–H groups in total. The average molecular weight is 499 g/mol. The van der Waals surface area contributed by atoms with Crippen LogP contribution in [0, 0.1) is 0 Å². The summed E-state index contributed by atoms with van der Waals surface area (Å²) < 4.78 is 33.6. The molecule has 9 nitrogen and oxygen atoms in total. The van der Waals surface area contributed by atoms with Crippen molar-refractivity contribution in [2.45, 2.75) is 4.90 Å². The van der Waals surface area contributed by atoms with E-state index in [0.717, 1.165) is 5.75 Å². The van der Waals surface area contributed by atoms with E-state index in [9.17, 15) is 18.3 Å². The SMILES string of the molecule is O=c1c2ccccc2c(/C=N/C2=NCCS2)c(O)n1-c1ccc(S(=O)(=O)N2CCOCC2)cc1. The van der Waals surface area contributed by atoms with E-state index in [1.807, 2.05) is 0 Å². The number of nitrogens with zero attached hydrogens (tertiary/aromatic N) is 4. The molecule has 2 aliphatic rings. The van der Waals surface area contributed by atoms with Crippen molar-refractivity contribution in [1.29, 1.82) is 0 Å². The van der Waals surface area contributed by atoms with E-state index in [2.05, 4.69) is 9.98 Å². The van der Waals surface area contributed by atoms with Crippen molar-refractivity contribution in [1.82, 2.24) is 8.87 Å². The topological polar surface area (TPSA) is 114 Å². The Morgan fingerprint density at radius 2 is 1.76 bits per heavy atom. The third-order valence-corrected chi connectivity index (χ3v) is 8.47. The van der Waals surface area contributed by atoms with Gasteiger partial charge in [0.15, 0.2) is 5.17 Å². The molecule has 5 rings (SSSR count). The fourth-order valence-electron chi connectivity index (χ4n) is 3.95. The Morgan fingerprint density at radius 3 is 2.44 bits per heavy atom. The van der Waals surface area contributed by atoms with Crippen LogP contribution in [0.1, 0.15) is 5.56 Å². The predicted octanol–water partition coefficient (Wildman–Crippen LogP) is 2.24. The van der Waals surface area contributed by atoms with Crippen LogP contribution in [0.25, 0.3) is 16.5 Å². The molecule has 1 fully saturated rings. The highest BCUT2D eigenvalue weighted by Crippen LogP contribution is 2.27. The van der Waals surface area contributed by atoms with E-state index in [1.54, 1.807) is 24.3 Å². The van der Waals surface area contributed by atoms with Gasteiger partial charge in [0.2, 0.25) is 15.9 Å². The second-order valence-electron chi connectivity index (χ2n) is 7.70. The Bertz CT molecular complexity index is 1460. The number of ether oxygens (including phenoxy) is 1. The summed E-state index contributed by atoms with van der Waals surface area (Å²) in [7, 11) is -3.68. The van der Waals surface area contributed by atoms with Crippen LogP contribution >= 0.6 is 11.8 Å². The molecule has 176 valence electrons. The van der Waals surface area contributed by atoms with Crippen LogP contribution in [0.5, 0.6) is 5.88 Å². The van der Waals surface area contributed by atoms with E-state index in [-0.39, 0.29) is 10.8 Å². The highest BCUT2D eigenvalue weighted by Gasteiger charge is 2.26. The maximum absolute atomic E-state index is 13.3. The maximum atomic E-state index is 13.3. The van der Waals surface area contributed by atoms with Crippen molar-refractivity contribution in [2.24, 2.45) is 9.98 Å². The summed E-state index contributed by atoms with van der Waals surface area (Å²) >= 11 is 1.53. The normalized spacial score (nSPS) is 17.5. The molecule has 1 saturated heterocycles. The summed E-state index contributed by atoms with van der Waals surface area (Å²) in [6.45, 7) is 1.99. The third kappa shape index (κ3) is 4.16. The molecule has 2 aliphatic heterocycles. The molecule has 3 aromatic rings. The molecule has 0 amide bonds.